The van der Waals surface area contributed by atoms with Gasteiger partial charge in [0.25, 0.3) is 11.8 Å². The third kappa shape index (κ3) is 4.10. The summed E-state index contributed by atoms with van der Waals surface area (Å²) in [5, 5.41) is 2.30. The second-order valence-corrected chi connectivity index (χ2v) is 8.99. The fraction of sp³-hybridized carbons (Fsp3) is 0.0870. The maximum Gasteiger partial charge on any atom is 0.336 e. The Balaban J connectivity index is 1.80. The quantitative estimate of drug-likeness (QED) is 0.322. The monoisotopic (exact) mass is 549 g/mol. The Bertz CT molecular complexity index is 1380. The van der Waals surface area contributed by atoms with Crippen molar-refractivity contribution >= 4 is 68.7 Å². The Morgan fingerprint density at radius 3 is 2.45 bits per heavy atom. The molecule has 2 heterocycles. The number of halogens is 4. The first-order valence-corrected chi connectivity index (χ1v) is 11.1. The Kier molecular flexibility index (Phi) is 6.18. The molecule has 0 saturated carbocycles. The predicted molar refractivity (Wildman–Crippen MR) is 128 cm³/mol. The normalized spacial score (nSPS) is 15.4. The van der Waals surface area contributed by atoms with Gasteiger partial charge in [-0.1, -0.05) is 45.2 Å². The van der Waals surface area contributed by atoms with Crippen molar-refractivity contribution in [2.45, 2.75) is 13.8 Å². The first kappa shape index (κ1) is 23.2. The van der Waals surface area contributed by atoms with Crippen LogP contribution in [-0.4, -0.2) is 22.4 Å². The van der Waals surface area contributed by atoms with Gasteiger partial charge in [-0.3, -0.25) is 14.9 Å². The number of hydrogen-bond donors (Lipinski definition) is 1. The minimum Gasteiger partial charge on any atom is -0.315 e. The summed E-state index contributed by atoms with van der Waals surface area (Å²) >= 11 is 15.5. The van der Waals surface area contributed by atoms with Crippen molar-refractivity contribution in [1.82, 2.24) is 9.88 Å². The van der Waals surface area contributed by atoms with Crippen LogP contribution in [0.4, 0.5) is 14.9 Å². The third-order valence-electron chi connectivity index (χ3n) is 5.19. The molecule has 0 atom stereocenters. The summed E-state index contributed by atoms with van der Waals surface area (Å²) in [6.45, 7) is 3.52. The Morgan fingerprint density at radius 1 is 1.03 bits per heavy atom. The van der Waals surface area contributed by atoms with Crippen LogP contribution in [0.3, 0.4) is 0 Å². The van der Waals surface area contributed by atoms with E-state index in [0.717, 1.165) is 4.90 Å². The molecule has 0 aliphatic carbocycles. The molecule has 10 heteroatoms. The number of urea groups is 1. The highest BCUT2D eigenvalue weighted by atomic mass is 79.9. The zero-order valence-corrected chi connectivity index (χ0v) is 20.3. The molecule has 1 aromatic heterocycles. The van der Waals surface area contributed by atoms with Crippen molar-refractivity contribution in [3.63, 3.8) is 0 Å². The van der Waals surface area contributed by atoms with Gasteiger partial charge in [-0.15, -0.1) is 0 Å². The van der Waals surface area contributed by atoms with Gasteiger partial charge in [-0.05, 0) is 61.9 Å². The van der Waals surface area contributed by atoms with Crippen LogP contribution >= 0.6 is 39.1 Å². The molecule has 0 bridgehead atoms. The number of benzene rings is 2. The van der Waals surface area contributed by atoms with E-state index in [1.807, 2.05) is 0 Å². The second kappa shape index (κ2) is 8.78. The topological polar surface area (TPSA) is 71.4 Å². The van der Waals surface area contributed by atoms with Gasteiger partial charge in [-0.25, -0.2) is 14.1 Å². The van der Waals surface area contributed by atoms with Crippen molar-refractivity contribution in [1.29, 1.82) is 0 Å². The van der Waals surface area contributed by atoms with E-state index in [2.05, 4.69) is 21.2 Å². The summed E-state index contributed by atoms with van der Waals surface area (Å²) in [6.07, 6.45) is 1.37. The van der Waals surface area contributed by atoms with Gasteiger partial charge in [0.05, 0.1) is 21.4 Å². The van der Waals surface area contributed by atoms with E-state index in [0.29, 0.717) is 27.1 Å². The SMILES string of the molecule is Cc1cc(/C=C2\C(=O)NC(=O)N(c3cccc(Cl)c3Cl)C2=O)c(C)n1-c1ccc(Br)cc1F. The van der Waals surface area contributed by atoms with Gasteiger partial charge < -0.3 is 4.57 Å². The average Bonchev–Trinajstić information content (AvgIpc) is 3.01. The fourth-order valence-electron chi connectivity index (χ4n) is 3.66. The fourth-order valence-corrected chi connectivity index (χ4v) is 4.38. The van der Waals surface area contributed by atoms with E-state index in [1.165, 1.54) is 30.3 Å². The van der Waals surface area contributed by atoms with Gasteiger partial charge >= 0.3 is 6.03 Å². The van der Waals surface area contributed by atoms with Crippen molar-refractivity contribution in [2.75, 3.05) is 4.90 Å². The maximum absolute atomic E-state index is 14.6. The summed E-state index contributed by atoms with van der Waals surface area (Å²) < 4.78 is 16.9. The molecular weight excluding hydrogens is 536 g/mol. The molecular formula is C23H15BrCl2FN3O3. The van der Waals surface area contributed by atoms with Crippen molar-refractivity contribution in [2.24, 2.45) is 0 Å². The Morgan fingerprint density at radius 2 is 1.76 bits per heavy atom. The molecule has 33 heavy (non-hydrogen) atoms. The van der Waals surface area contributed by atoms with Crippen molar-refractivity contribution in [3.05, 3.63) is 85.3 Å². The average molecular weight is 551 g/mol. The smallest absolute Gasteiger partial charge is 0.315 e. The molecule has 1 aliphatic heterocycles. The second-order valence-electron chi connectivity index (χ2n) is 7.29. The van der Waals surface area contributed by atoms with Gasteiger partial charge in [0.2, 0.25) is 0 Å². The standard InChI is InChI=1S/C23H15BrCl2FN3O3/c1-11-8-13(12(2)29(11)18-7-6-14(24)10-17(18)27)9-15-21(31)28-23(33)30(22(15)32)19-5-3-4-16(25)20(19)26/h3-10H,1-2H3,(H,28,31,33)/b15-9+. The van der Waals surface area contributed by atoms with Crippen LogP contribution in [0.25, 0.3) is 11.8 Å². The number of nitrogens with one attached hydrogen (secondary N) is 1. The molecule has 1 saturated heterocycles. The van der Waals surface area contributed by atoms with Crippen LogP contribution in [-0.2, 0) is 9.59 Å². The van der Waals surface area contributed by atoms with Crippen molar-refractivity contribution in [3.8, 4) is 5.69 Å². The zero-order chi connectivity index (χ0) is 24.0. The van der Waals surface area contributed by atoms with E-state index in [9.17, 15) is 18.8 Å². The molecule has 0 unspecified atom stereocenters. The number of aromatic nitrogens is 1. The number of aryl methyl sites for hydroxylation is 1. The summed E-state index contributed by atoms with van der Waals surface area (Å²) in [4.78, 5) is 38.9. The number of amides is 4. The third-order valence-corrected chi connectivity index (χ3v) is 6.50. The van der Waals surface area contributed by atoms with Gasteiger partial charge in [0.15, 0.2) is 0 Å². The number of imide groups is 2. The molecule has 1 aliphatic rings. The number of carbonyl (C=O) groups excluding carboxylic acids is 3. The molecule has 168 valence electrons. The molecule has 4 rings (SSSR count). The molecule has 4 amide bonds. The minimum absolute atomic E-state index is 0.000238. The molecule has 0 radical (unpaired) electrons. The summed E-state index contributed by atoms with van der Waals surface area (Å²) in [5.41, 5.74) is 1.90. The molecule has 2 aromatic carbocycles. The maximum atomic E-state index is 14.6. The highest BCUT2D eigenvalue weighted by molar-refractivity contribution is 9.10. The van der Waals surface area contributed by atoms with Crippen LogP contribution in [0.2, 0.25) is 10.0 Å². The number of carbonyl (C=O) groups is 3. The first-order valence-electron chi connectivity index (χ1n) is 9.60. The van der Waals surface area contributed by atoms with E-state index in [-0.39, 0.29) is 21.3 Å². The van der Waals surface area contributed by atoms with Crippen LogP contribution in [0.15, 0.2) is 52.5 Å². The molecule has 1 N–H and O–H groups in total. The largest absolute Gasteiger partial charge is 0.336 e. The number of nitrogens with zero attached hydrogens (tertiary/aromatic N) is 2. The van der Waals surface area contributed by atoms with E-state index < -0.39 is 23.7 Å². The lowest BCUT2D eigenvalue weighted by Crippen LogP contribution is -2.54. The number of rotatable bonds is 3. The number of barbiturate groups is 1. The van der Waals surface area contributed by atoms with Gasteiger partial charge in [-0.2, -0.15) is 0 Å². The summed E-state index contributed by atoms with van der Waals surface area (Å²) in [6, 6.07) is 9.96. The lowest BCUT2D eigenvalue weighted by atomic mass is 10.1. The Hall–Kier alpha value is -2.94. The van der Waals surface area contributed by atoms with E-state index in [4.69, 9.17) is 23.2 Å². The zero-order valence-electron chi connectivity index (χ0n) is 17.2. The van der Waals surface area contributed by atoms with Crippen LogP contribution in [0.5, 0.6) is 0 Å². The molecule has 3 aromatic rings. The lowest BCUT2D eigenvalue weighted by Gasteiger charge is -2.27. The van der Waals surface area contributed by atoms with Crippen LogP contribution in [0.1, 0.15) is 17.0 Å². The highest BCUT2D eigenvalue weighted by Gasteiger charge is 2.38. The highest BCUT2D eigenvalue weighted by Crippen LogP contribution is 2.34. The molecule has 6 nitrogen and oxygen atoms in total. The molecule has 0 spiro atoms. The van der Waals surface area contributed by atoms with Crippen LogP contribution in [0, 0.1) is 19.7 Å². The van der Waals surface area contributed by atoms with E-state index >= 15 is 0 Å². The van der Waals surface area contributed by atoms with Crippen LogP contribution < -0.4 is 10.2 Å². The molecule has 1 fully saturated rings. The summed E-state index contributed by atoms with van der Waals surface area (Å²) in [7, 11) is 0. The first-order chi connectivity index (χ1) is 15.6. The van der Waals surface area contributed by atoms with Gasteiger partial charge in [0.1, 0.15) is 11.4 Å². The lowest BCUT2D eigenvalue weighted by molar-refractivity contribution is -0.122. The summed E-state index contributed by atoms with van der Waals surface area (Å²) in [5.74, 6) is -2.14. The van der Waals surface area contributed by atoms with E-state index in [1.54, 1.807) is 36.6 Å². The van der Waals surface area contributed by atoms with Gasteiger partial charge in [0, 0.05) is 15.9 Å². The predicted octanol–water partition coefficient (Wildman–Crippen LogP) is 5.97. The van der Waals surface area contributed by atoms with Crippen molar-refractivity contribution < 1.29 is 18.8 Å². The number of anilines is 1. The minimum atomic E-state index is -0.936. The number of hydrogen-bond acceptors (Lipinski definition) is 3. The Labute approximate surface area is 206 Å².